The molecule has 1 aliphatic carbocycles. The summed E-state index contributed by atoms with van der Waals surface area (Å²) < 4.78 is 0. The molecule has 3 atom stereocenters. The molecule has 1 aromatic heterocycles. The lowest BCUT2D eigenvalue weighted by molar-refractivity contribution is -0.142. The Kier molecular flexibility index (Phi) is 4.60. The number of thiazole rings is 1. The molecule has 3 rings (SSSR count). The zero-order valence-corrected chi connectivity index (χ0v) is 13.4. The minimum Gasteiger partial charge on any atom is -0.480 e. The predicted octanol–water partition coefficient (Wildman–Crippen LogP) is 3.31. The van der Waals surface area contributed by atoms with Gasteiger partial charge in [0.1, 0.15) is 6.04 Å². The number of nitrogens with zero attached hydrogens (tertiary/aromatic N) is 2. The van der Waals surface area contributed by atoms with Crippen LogP contribution < -0.4 is 0 Å². The van der Waals surface area contributed by atoms with Crippen molar-refractivity contribution in [1.29, 1.82) is 0 Å². The molecular weight excluding hydrogens is 284 g/mol. The second-order valence-electron chi connectivity index (χ2n) is 6.36. The summed E-state index contributed by atoms with van der Waals surface area (Å²) in [6, 6.07) is 0.144. The molecular formula is C16H24N2O2S. The average Bonchev–Trinajstić information content (AvgIpc) is 3.05. The van der Waals surface area contributed by atoms with Crippen LogP contribution in [0.4, 0.5) is 0 Å². The lowest BCUT2D eigenvalue weighted by atomic mass is 9.85. The maximum atomic E-state index is 11.6. The van der Waals surface area contributed by atoms with E-state index in [1.165, 1.54) is 24.3 Å². The number of hydrogen-bond donors (Lipinski definition) is 1. The number of likely N-dealkylation sites (tertiary alicyclic amines) is 1. The Morgan fingerprint density at radius 1 is 1.48 bits per heavy atom. The Balaban J connectivity index is 1.74. The maximum Gasteiger partial charge on any atom is 0.320 e. The van der Waals surface area contributed by atoms with E-state index < -0.39 is 5.97 Å². The summed E-state index contributed by atoms with van der Waals surface area (Å²) in [5.41, 5.74) is 1.06. The van der Waals surface area contributed by atoms with Crippen molar-refractivity contribution in [3.63, 3.8) is 0 Å². The number of hydrogen-bond acceptors (Lipinski definition) is 4. The molecule has 1 saturated heterocycles. The van der Waals surface area contributed by atoms with E-state index in [4.69, 9.17) is 0 Å². The minimum atomic E-state index is -0.659. The lowest BCUT2D eigenvalue weighted by Gasteiger charge is -2.32. The number of aryl methyl sites for hydroxylation is 1. The van der Waals surface area contributed by atoms with E-state index >= 15 is 0 Å². The molecule has 2 aliphatic rings. The zero-order chi connectivity index (χ0) is 14.8. The van der Waals surface area contributed by atoms with Gasteiger partial charge in [-0.3, -0.25) is 9.69 Å². The molecule has 0 radical (unpaired) electrons. The Morgan fingerprint density at radius 2 is 2.29 bits per heavy atom. The van der Waals surface area contributed by atoms with Crippen molar-refractivity contribution in [1.82, 2.24) is 9.88 Å². The lowest BCUT2D eigenvalue weighted by Crippen LogP contribution is -2.41. The van der Waals surface area contributed by atoms with Crippen LogP contribution in [0.25, 0.3) is 0 Å². The third-order valence-corrected chi connectivity index (χ3v) is 5.87. The minimum absolute atomic E-state index is 0.311. The van der Waals surface area contributed by atoms with Crippen LogP contribution in [0.15, 0.2) is 5.38 Å². The number of fused-ring (bicyclic) bond motifs is 1. The van der Waals surface area contributed by atoms with Crippen molar-refractivity contribution in [2.24, 2.45) is 5.92 Å². The molecule has 0 amide bonds. The Labute approximate surface area is 130 Å². The molecule has 0 unspecified atom stereocenters. The van der Waals surface area contributed by atoms with Crippen molar-refractivity contribution in [3.05, 3.63) is 16.1 Å². The van der Waals surface area contributed by atoms with Gasteiger partial charge in [-0.25, -0.2) is 4.98 Å². The summed E-state index contributed by atoms with van der Waals surface area (Å²) in [6.07, 6.45) is 7.81. The molecule has 0 aromatic carbocycles. The van der Waals surface area contributed by atoms with Crippen LogP contribution >= 0.6 is 11.3 Å². The van der Waals surface area contributed by atoms with Crippen LogP contribution in [0.5, 0.6) is 0 Å². The Hall–Kier alpha value is -0.940. The second kappa shape index (κ2) is 6.44. The number of aromatic nitrogens is 1. The van der Waals surface area contributed by atoms with Gasteiger partial charge in [0, 0.05) is 18.0 Å². The highest BCUT2D eigenvalue weighted by atomic mass is 32.1. The summed E-state index contributed by atoms with van der Waals surface area (Å²) >= 11 is 1.71. The molecule has 116 valence electrons. The second-order valence-corrected chi connectivity index (χ2v) is 7.30. The van der Waals surface area contributed by atoms with E-state index in [9.17, 15) is 9.90 Å². The standard InChI is InChI=1S/C16H24N2O2S/c1-2-5-15-17-12(10-21-15)9-18-13-7-4-3-6-11(13)8-14(18)16(19)20/h10-11,13-14H,2-9H2,1H3,(H,19,20)/t11-,13-,14-/m0/s1. The zero-order valence-electron chi connectivity index (χ0n) is 12.6. The van der Waals surface area contributed by atoms with Crippen molar-refractivity contribution in [2.45, 2.75) is 70.5 Å². The third kappa shape index (κ3) is 3.14. The fraction of sp³-hybridized carbons (Fsp3) is 0.750. The van der Waals surface area contributed by atoms with Gasteiger partial charge in [-0.2, -0.15) is 0 Å². The Bertz CT molecular complexity index is 502. The highest BCUT2D eigenvalue weighted by Gasteiger charge is 2.45. The number of carboxylic acids is 1. The number of rotatable bonds is 5. The average molecular weight is 308 g/mol. The summed E-state index contributed by atoms with van der Waals surface area (Å²) in [6.45, 7) is 2.87. The number of aliphatic carboxylic acids is 1. The molecule has 5 heteroatoms. The topological polar surface area (TPSA) is 53.4 Å². The van der Waals surface area contributed by atoms with Gasteiger partial charge < -0.3 is 5.11 Å². The molecule has 21 heavy (non-hydrogen) atoms. The first-order valence-electron chi connectivity index (χ1n) is 8.11. The predicted molar refractivity (Wildman–Crippen MR) is 83.4 cm³/mol. The monoisotopic (exact) mass is 308 g/mol. The molecule has 1 aliphatic heterocycles. The normalized spacial score (nSPS) is 29.5. The first kappa shape index (κ1) is 15.0. The SMILES string of the molecule is CCCc1nc(CN2[C@H](C(=O)O)C[C@@H]3CCCC[C@@H]32)cs1. The van der Waals surface area contributed by atoms with Gasteiger partial charge in [0.15, 0.2) is 0 Å². The van der Waals surface area contributed by atoms with Crippen LogP contribution in [-0.2, 0) is 17.8 Å². The van der Waals surface area contributed by atoms with E-state index in [1.54, 1.807) is 11.3 Å². The molecule has 4 nitrogen and oxygen atoms in total. The Morgan fingerprint density at radius 3 is 3.05 bits per heavy atom. The van der Waals surface area contributed by atoms with Gasteiger partial charge in [0.05, 0.1) is 10.7 Å². The smallest absolute Gasteiger partial charge is 0.320 e. The van der Waals surface area contributed by atoms with E-state index in [0.717, 1.165) is 31.4 Å². The summed E-state index contributed by atoms with van der Waals surface area (Å²) in [4.78, 5) is 18.5. The van der Waals surface area contributed by atoms with Crippen LogP contribution in [0.2, 0.25) is 0 Å². The van der Waals surface area contributed by atoms with Crippen molar-refractivity contribution < 1.29 is 9.90 Å². The van der Waals surface area contributed by atoms with Crippen LogP contribution in [0.3, 0.4) is 0 Å². The molecule has 1 N–H and O–H groups in total. The van der Waals surface area contributed by atoms with E-state index in [0.29, 0.717) is 18.5 Å². The van der Waals surface area contributed by atoms with Crippen molar-refractivity contribution in [2.75, 3.05) is 0 Å². The fourth-order valence-corrected chi connectivity index (χ4v) is 4.85. The maximum absolute atomic E-state index is 11.6. The fourth-order valence-electron chi connectivity index (χ4n) is 3.96. The van der Waals surface area contributed by atoms with Crippen LogP contribution in [0, 0.1) is 5.92 Å². The van der Waals surface area contributed by atoms with Crippen LogP contribution in [0.1, 0.15) is 56.2 Å². The molecule has 0 bridgehead atoms. The van der Waals surface area contributed by atoms with Gasteiger partial charge in [0.25, 0.3) is 0 Å². The largest absolute Gasteiger partial charge is 0.480 e. The molecule has 2 heterocycles. The third-order valence-electron chi connectivity index (χ3n) is 4.91. The summed E-state index contributed by atoms with van der Waals surface area (Å²) in [5.74, 6) is -0.0815. The highest BCUT2D eigenvalue weighted by molar-refractivity contribution is 7.09. The summed E-state index contributed by atoms with van der Waals surface area (Å²) in [7, 11) is 0. The van der Waals surface area contributed by atoms with Gasteiger partial charge in [-0.05, 0) is 38.0 Å². The van der Waals surface area contributed by atoms with Gasteiger partial charge >= 0.3 is 5.97 Å². The van der Waals surface area contributed by atoms with E-state index in [1.807, 2.05) is 0 Å². The van der Waals surface area contributed by atoms with Crippen LogP contribution in [-0.4, -0.2) is 33.0 Å². The van der Waals surface area contributed by atoms with Gasteiger partial charge in [0.2, 0.25) is 0 Å². The summed E-state index contributed by atoms with van der Waals surface area (Å²) in [5, 5.41) is 12.8. The van der Waals surface area contributed by atoms with Crippen molar-refractivity contribution >= 4 is 17.3 Å². The first-order chi connectivity index (χ1) is 10.2. The molecule has 1 saturated carbocycles. The number of carboxylic acid groups (broad SMARTS) is 1. The molecule has 2 fully saturated rings. The molecule has 1 aromatic rings. The van der Waals surface area contributed by atoms with Gasteiger partial charge in [-0.15, -0.1) is 11.3 Å². The highest BCUT2D eigenvalue weighted by Crippen LogP contribution is 2.40. The first-order valence-corrected chi connectivity index (χ1v) is 8.98. The van der Waals surface area contributed by atoms with E-state index in [-0.39, 0.29) is 6.04 Å². The number of carbonyl (C=O) groups is 1. The van der Waals surface area contributed by atoms with Crippen molar-refractivity contribution in [3.8, 4) is 0 Å². The molecule has 0 spiro atoms. The van der Waals surface area contributed by atoms with E-state index in [2.05, 4.69) is 22.2 Å². The van der Waals surface area contributed by atoms with Gasteiger partial charge in [-0.1, -0.05) is 19.8 Å². The quantitative estimate of drug-likeness (QED) is 0.906.